The van der Waals surface area contributed by atoms with Gasteiger partial charge in [-0.15, -0.1) is 0 Å². The number of methoxy groups -OCH3 is 1. The first-order valence-electron chi connectivity index (χ1n) is 14.0. The minimum Gasteiger partial charge on any atom is -0.466 e. The van der Waals surface area contributed by atoms with Crippen LogP contribution >= 0.6 is 0 Å². The number of likely N-dealkylation sites (tertiary alicyclic amines) is 1. The molecule has 0 bridgehead atoms. The Bertz CT molecular complexity index is 1500. The molecule has 0 spiro atoms. The second kappa shape index (κ2) is 12.3. The Kier molecular flexibility index (Phi) is 8.61. The van der Waals surface area contributed by atoms with Gasteiger partial charge < -0.3 is 15.0 Å². The minimum absolute atomic E-state index is 0.108. The zero-order valence-electron chi connectivity index (χ0n) is 24.2. The second-order valence-corrected chi connectivity index (χ2v) is 11.3. The standard InChI is InChI=1S/C33H37FN4O3/c1-21-5-6-22(11-27(21)17-35-28-14-25-13-26(33(40)41-4)16-31(25)36-18-28)12-32(39)23-7-8-24(30(34)15-23)19-38-10-9-29(20-38)37(2)3/h5-8,11,13-15,18,29,35H,9-10,12,16-17,19-20H2,1-4H3. The maximum Gasteiger partial charge on any atom is 0.334 e. The molecule has 8 heteroatoms. The molecular formula is C33H37FN4O3. The van der Waals surface area contributed by atoms with Gasteiger partial charge in [0.2, 0.25) is 0 Å². The number of fused-ring (bicyclic) bond motifs is 1. The molecule has 5 rings (SSSR count). The fourth-order valence-electron chi connectivity index (χ4n) is 5.54. The maximum absolute atomic E-state index is 15.0. The fourth-order valence-corrected chi connectivity index (χ4v) is 5.54. The van der Waals surface area contributed by atoms with Gasteiger partial charge in [-0.2, -0.15) is 0 Å². The number of carbonyl (C=O) groups is 2. The number of nitrogens with one attached hydrogen (secondary N) is 1. The van der Waals surface area contributed by atoms with E-state index in [1.165, 1.54) is 13.2 Å². The van der Waals surface area contributed by atoms with Crippen LogP contribution in [0.1, 0.15) is 50.3 Å². The van der Waals surface area contributed by atoms with Crippen LogP contribution in [0.2, 0.25) is 0 Å². The monoisotopic (exact) mass is 556 g/mol. The zero-order chi connectivity index (χ0) is 29.1. The highest BCUT2D eigenvalue weighted by Gasteiger charge is 2.25. The van der Waals surface area contributed by atoms with Crippen molar-refractivity contribution in [1.29, 1.82) is 0 Å². The molecule has 0 saturated carbocycles. The van der Waals surface area contributed by atoms with E-state index in [1.54, 1.807) is 18.3 Å². The van der Waals surface area contributed by atoms with Crippen LogP contribution in [0.3, 0.4) is 0 Å². The van der Waals surface area contributed by atoms with Crippen molar-refractivity contribution in [1.82, 2.24) is 14.8 Å². The van der Waals surface area contributed by atoms with Crippen LogP contribution in [0, 0.1) is 12.7 Å². The van der Waals surface area contributed by atoms with E-state index in [1.807, 2.05) is 37.3 Å². The molecule has 1 N–H and O–H groups in total. The number of halogens is 1. The lowest BCUT2D eigenvalue weighted by Crippen LogP contribution is -2.31. The average molecular weight is 557 g/mol. The molecular weight excluding hydrogens is 519 g/mol. The first-order valence-corrected chi connectivity index (χ1v) is 14.0. The number of hydrogen-bond acceptors (Lipinski definition) is 7. The molecule has 1 aromatic heterocycles. The van der Waals surface area contributed by atoms with Gasteiger partial charge in [-0.3, -0.25) is 14.7 Å². The Labute approximate surface area is 241 Å². The van der Waals surface area contributed by atoms with Crippen LogP contribution in [-0.4, -0.2) is 66.9 Å². The lowest BCUT2D eigenvalue weighted by atomic mass is 9.98. The molecule has 1 atom stereocenters. The van der Waals surface area contributed by atoms with E-state index >= 15 is 0 Å². The third-order valence-corrected chi connectivity index (χ3v) is 8.15. The summed E-state index contributed by atoms with van der Waals surface area (Å²) in [6.45, 7) is 5.01. The number of hydrogen-bond donors (Lipinski definition) is 1. The van der Waals surface area contributed by atoms with E-state index < -0.39 is 0 Å². The molecule has 7 nitrogen and oxygen atoms in total. The van der Waals surface area contributed by atoms with E-state index in [-0.39, 0.29) is 24.0 Å². The van der Waals surface area contributed by atoms with E-state index in [2.05, 4.69) is 34.2 Å². The van der Waals surface area contributed by atoms with Crippen molar-refractivity contribution in [2.75, 3.05) is 39.6 Å². The SMILES string of the molecule is COC(=O)C1=Cc2cc(NCc3cc(CC(=O)c4ccc(CN5CCC(N(C)C)C5)c(F)c4)ccc3C)cnc2C1. The van der Waals surface area contributed by atoms with E-state index in [0.717, 1.165) is 53.1 Å². The van der Waals surface area contributed by atoms with E-state index in [4.69, 9.17) is 4.74 Å². The van der Waals surface area contributed by atoms with Crippen molar-refractivity contribution in [3.8, 4) is 0 Å². The molecule has 2 aliphatic rings. The highest BCUT2D eigenvalue weighted by Crippen LogP contribution is 2.27. The van der Waals surface area contributed by atoms with Gasteiger partial charge in [0, 0.05) is 61.8 Å². The molecule has 3 aromatic rings. The number of likely N-dealkylation sites (N-methyl/N-ethyl adjacent to an activating group) is 1. The number of pyridine rings is 1. The molecule has 1 saturated heterocycles. The van der Waals surface area contributed by atoms with Crippen molar-refractivity contribution in [2.24, 2.45) is 0 Å². The van der Waals surface area contributed by atoms with Gasteiger partial charge in [-0.05, 0) is 67.9 Å². The van der Waals surface area contributed by atoms with Crippen LogP contribution < -0.4 is 5.32 Å². The number of benzene rings is 2. The number of esters is 1. The zero-order valence-corrected chi connectivity index (χ0v) is 24.2. The second-order valence-electron chi connectivity index (χ2n) is 11.3. The van der Waals surface area contributed by atoms with Gasteiger partial charge >= 0.3 is 5.97 Å². The molecule has 214 valence electrons. The van der Waals surface area contributed by atoms with Gasteiger partial charge in [0.05, 0.1) is 24.7 Å². The molecule has 41 heavy (non-hydrogen) atoms. The van der Waals surface area contributed by atoms with Crippen LogP contribution in [-0.2, 0) is 35.5 Å². The summed E-state index contributed by atoms with van der Waals surface area (Å²) in [5.41, 5.74) is 7.26. The highest BCUT2D eigenvalue weighted by atomic mass is 19.1. The predicted molar refractivity (Wildman–Crippen MR) is 158 cm³/mol. The first-order chi connectivity index (χ1) is 19.7. The Morgan fingerprint density at radius 2 is 1.98 bits per heavy atom. The van der Waals surface area contributed by atoms with Gasteiger partial charge in [0.1, 0.15) is 5.82 Å². The largest absolute Gasteiger partial charge is 0.466 e. The summed E-state index contributed by atoms with van der Waals surface area (Å²) in [7, 11) is 5.54. The molecule has 1 fully saturated rings. The summed E-state index contributed by atoms with van der Waals surface area (Å²) >= 11 is 0. The normalized spacial score (nSPS) is 16.5. The Morgan fingerprint density at radius 3 is 2.71 bits per heavy atom. The summed E-state index contributed by atoms with van der Waals surface area (Å²) in [5.74, 6) is -0.768. The van der Waals surface area contributed by atoms with Crippen molar-refractivity contribution in [3.63, 3.8) is 0 Å². The summed E-state index contributed by atoms with van der Waals surface area (Å²) in [5, 5.41) is 3.40. The fraction of sp³-hybridized carbons (Fsp3) is 0.364. The molecule has 1 aliphatic carbocycles. The van der Waals surface area contributed by atoms with Crippen molar-refractivity contribution < 1.29 is 18.7 Å². The van der Waals surface area contributed by atoms with Gasteiger partial charge in [-0.25, -0.2) is 9.18 Å². The summed E-state index contributed by atoms with van der Waals surface area (Å²) in [6.07, 6.45) is 5.33. The highest BCUT2D eigenvalue weighted by molar-refractivity contribution is 5.97. The molecule has 2 aromatic carbocycles. The number of ether oxygens (including phenoxy) is 1. The number of aryl methyl sites for hydroxylation is 1. The molecule has 1 aliphatic heterocycles. The molecule has 2 heterocycles. The van der Waals surface area contributed by atoms with E-state index in [9.17, 15) is 14.0 Å². The third-order valence-electron chi connectivity index (χ3n) is 8.15. The number of rotatable bonds is 10. The number of anilines is 1. The van der Waals surface area contributed by atoms with E-state index in [0.29, 0.717) is 42.3 Å². The number of aromatic nitrogens is 1. The topological polar surface area (TPSA) is 74.8 Å². The quantitative estimate of drug-likeness (QED) is 0.284. The average Bonchev–Trinajstić information content (AvgIpc) is 3.61. The lowest BCUT2D eigenvalue weighted by Gasteiger charge is -2.20. The minimum atomic E-state index is -0.335. The maximum atomic E-state index is 15.0. The van der Waals surface area contributed by atoms with Crippen molar-refractivity contribution >= 4 is 23.5 Å². The predicted octanol–water partition coefficient (Wildman–Crippen LogP) is 4.82. The number of nitrogens with zero attached hydrogens (tertiary/aromatic N) is 3. The number of carbonyl (C=O) groups excluding carboxylic acids is 2. The molecule has 0 amide bonds. The number of ketones is 1. The first kappa shape index (κ1) is 28.6. The van der Waals surface area contributed by atoms with Crippen molar-refractivity contribution in [3.05, 3.63) is 99.1 Å². The summed E-state index contributed by atoms with van der Waals surface area (Å²) < 4.78 is 19.8. The third kappa shape index (κ3) is 6.72. The summed E-state index contributed by atoms with van der Waals surface area (Å²) in [6, 6.07) is 13.3. The van der Waals surface area contributed by atoms with Crippen LogP contribution in [0.25, 0.3) is 6.08 Å². The van der Waals surface area contributed by atoms with Crippen LogP contribution in [0.4, 0.5) is 10.1 Å². The molecule has 0 radical (unpaired) electrons. The Hall–Kier alpha value is -3.88. The smallest absolute Gasteiger partial charge is 0.334 e. The Balaban J connectivity index is 1.20. The van der Waals surface area contributed by atoms with Gasteiger partial charge in [-0.1, -0.05) is 30.3 Å². The molecule has 1 unspecified atom stereocenters. The summed E-state index contributed by atoms with van der Waals surface area (Å²) in [4.78, 5) is 33.9. The van der Waals surface area contributed by atoms with Gasteiger partial charge in [0.25, 0.3) is 0 Å². The van der Waals surface area contributed by atoms with Crippen LogP contribution in [0.5, 0.6) is 0 Å². The van der Waals surface area contributed by atoms with Crippen molar-refractivity contribution in [2.45, 2.75) is 45.3 Å². The van der Waals surface area contributed by atoms with Gasteiger partial charge in [0.15, 0.2) is 5.78 Å². The lowest BCUT2D eigenvalue weighted by molar-refractivity contribution is -0.136. The number of Topliss-reactive ketones (excluding diaryl/α,β-unsaturated/α-hetero) is 1. The van der Waals surface area contributed by atoms with Crippen LogP contribution in [0.15, 0.2) is 54.2 Å². The Morgan fingerprint density at radius 1 is 1.15 bits per heavy atom.